The van der Waals surface area contributed by atoms with Crippen LogP contribution in [0.1, 0.15) is 32.1 Å². The molecule has 6 rings (SSSR count). The Morgan fingerprint density at radius 3 is 1.23 bits per heavy atom. The predicted octanol–water partition coefficient (Wildman–Crippen LogP) is 2.37. The Labute approximate surface area is 339 Å². The van der Waals surface area contributed by atoms with Crippen LogP contribution in [0.5, 0.6) is 11.8 Å². The van der Waals surface area contributed by atoms with E-state index in [2.05, 4.69) is 30.7 Å². The smallest absolute Gasteiger partial charge is 0.857 e. The summed E-state index contributed by atoms with van der Waals surface area (Å²) in [6, 6.07) is 25.2. The molecule has 0 saturated carbocycles. The van der Waals surface area contributed by atoms with E-state index in [0.29, 0.717) is 32.8 Å². The summed E-state index contributed by atoms with van der Waals surface area (Å²) in [6.07, 6.45) is 0. The van der Waals surface area contributed by atoms with Gasteiger partial charge in [0.2, 0.25) is 0 Å². The van der Waals surface area contributed by atoms with E-state index in [9.17, 15) is 30.0 Å². The molecule has 14 nitrogen and oxygen atoms in total. The molecular formula is C34H22Cl2CrN8NaO6. The van der Waals surface area contributed by atoms with Gasteiger partial charge in [0.05, 0.1) is 46.1 Å². The number of carboxylic acids is 2. The summed E-state index contributed by atoms with van der Waals surface area (Å²) in [5.41, 5.74) is 1.85. The van der Waals surface area contributed by atoms with Crippen LogP contribution in [-0.2, 0) is 17.4 Å². The van der Waals surface area contributed by atoms with Gasteiger partial charge in [0, 0.05) is 32.9 Å². The second-order valence-electron chi connectivity index (χ2n) is 10.3. The van der Waals surface area contributed by atoms with Gasteiger partial charge < -0.3 is 30.0 Å². The van der Waals surface area contributed by atoms with Crippen molar-refractivity contribution in [3.8, 4) is 23.1 Å². The average molecular weight is 784 g/mol. The molecule has 0 N–H and O–H groups in total. The van der Waals surface area contributed by atoms with Crippen LogP contribution >= 0.6 is 23.2 Å². The van der Waals surface area contributed by atoms with Crippen molar-refractivity contribution in [3.63, 3.8) is 0 Å². The molecule has 0 amide bonds. The van der Waals surface area contributed by atoms with Crippen molar-refractivity contribution in [1.29, 1.82) is 0 Å². The zero-order valence-electron chi connectivity index (χ0n) is 27.4. The van der Waals surface area contributed by atoms with Gasteiger partial charge in [0.15, 0.2) is 0 Å². The first-order chi connectivity index (χ1) is 23.9. The minimum atomic E-state index is -1.37. The maximum atomic E-state index is 12.5. The van der Waals surface area contributed by atoms with E-state index < -0.39 is 23.7 Å². The molecule has 1 radical (unpaired) electrons. The van der Waals surface area contributed by atoms with Crippen molar-refractivity contribution >= 4 is 57.9 Å². The summed E-state index contributed by atoms with van der Waals surface area (Å²) in [5.74, 6) is -3.67. The number of aromatic nitrogens is 4. The first-order valence-electron chi connectivity index (χ1n) is 14.4. The van der Waals surface area contributed by atoms with Crippen molar-refractivity contribution in [3.05, 3.63) is 130 Å². The Hall–Kier alpha value is -4.85. The van der Waals surface area contributed by atoms with Crippen molar-refractivity contribution in [1.82, 2.24) is 19.6 Å². The molecule has 255 valence electrons. The van der Waals surface area contributed by atoms with Crippen LogP contribution in [0.3, 0.4) is 0 Å². The minimum Gasteiger partial charge on any atom is -0.857 e. The average Bonchev–Trinajstić information content (AvgIpc) is 3.55. The molecule has 4 aromatic carbocycles. The molecule has 0 fully saturated rings. The topological polar surface area (TPSA) is 211 Å². The SMILES string of the molecule is Cc1nn(-c2ccc(Cl)cc2)c([O-])c1N=Nc1ccccc1C(=O)[O-].Cc1nn(-c2ccc(Cl)cc2)c([O-])c1N=Nc1ccccc1C(=O)[O-].[Cr+3].[Na+]. The Bertz CT molecular complexity index is 2100. The molecule has 0 spiro atoms. The molecule has 2 aromatic heterocycles. The summed E-state index contributed by atoms with van der Waals surface area (Å²) in [4.78, 5) is 22.2. The molecule has 0 bridgehead atoms. The third kappa shape index (κ3) is 9.72. The van der Waals surface area contributed by atoms with Gasteiger partial charge in [-0.3, -0.25) is 0 Å². The second-order valence-corrected chi connectivity index (χ2v) is 11.1. The van der Waals surface area contributed by atoms with Gasteiger partial charge in [0.25, 0.3) is 0 Å². The molecule has 0 aliphatic heterocycles. The third-order valence-corrected chi connectivity index (χ3v) is 7.39. The second kappa shape index (κ2) is 18.6. The van der Waals surface area contributed by atoms with E-state index in [-0.39, 0.29) is 80.8 Å². The monoisotopic (exact) mass is 783 g/mol. The molecule has 6 aromatic rings. The predicted molar refractivity (Wildman–Crippen MR) is 175 cm³/mol. The molecule has 0 saturated heterocycles. The summed E-state index contributed by atoms with van der Waals surface area (Å²) in [7, 11) is 0. The van der Waals surface area contributed by atoms with Crippen LogP contribution in [-0.4, -0.2) is 31.5 Å². The van der Waals surface area contributed by atoms with Gasteiger partial charge in [-0.1, -0.05) is 59.6 Å². The van der Waals surface area contributed by atoms with E-state index in [4.69, 9.17) is 23.2 Å². The standard InChI is InChI=1S/2C17H13ClN4O3.Cr.Na/c2*1-10-15(20-19-14-5-3-2-4-13(14)17(24)25)16(23)22(21-10)12-8-6-11(18)7-9-12;;/h2*2-9,23H,1H3,(H,24,25);;/q;;+3;+1/p-4. The number of rotatable bonds is 8. The van der Waals surface area contributed by atoms with Gasteiger partial charge in [0.1, 0.15) is 11.4 Å². The largest absolute Gasteiger partial charge is 3.00 e. The quantitative estimate of drug-likeness (QED) is 0.165. The van der Waals surface area contributed by atoms with E-state index in [0.717, 1.165) is 0 Å². The summed E-state index contributed by atoms with van der Waals surface area (Å²) in [5, 5.41) is 72.1. The number of carboxylic acid groups (broad SMARTS) is 2. The van der Waals surface area contributed by atoms with Crippen molar-refractivity contribution in [2.75, 3.05) is 0 Å². The molecule has 0 aliphatic rings. The number of halogens is 2. The van der Waals surface area contributed by atoms with Crippen molar-refractivity contribution in [2.45, 2.75) is 13.8 Å². The van der Waals surface area contributed by atoms with Crippen LogP contribution in [0.15, 0.2) is 118 Å². The van der Waals surface area contributed by atoms with Crippen LogP contribution in [0.2, 0.25) is 10.0 Å². The number of carbonyl (C=O) groups is 2. The zero-order valence-corrected chi connectivity index (χ0v) is 32.2. The number of carbonyl (C=O) groups excluding carboxylic acids is 2. The Kier molecular flexibility index (Phi) is 14.9. The normalized spacial score (nSPS) is 10.7. The van der Waals surface area contributed by atoms with Crippen molar-refractivity contribution < 1.29 is 76.9 Å². The Morgan fingerprint density at radius 2 is 0.904 bits per heavy atom. The summed E-state index contributed by atoms with van der Waals surface area (Å²) >= 11 is 11.7. The Morgan fingerprint density at radius 1 is 0.577 bits per heavy atom. The molecule has 2 heterocycles. The molecule has 0 aliphatic carbocycles. The number of azo groups is 2. The first-order valence-corrected chi connectivity index (χ1v) is 15.2. The maximum absolute atomic E-state index is 12.5. The van der Waals surface area contributed by atoms with Crippen LogP contribution in [0, 0.1) is 13.8 Å². The fraction of sp³-hybridized carbons (Fsp3) is 0.0588. The van der Waals surface area contributed by atoms with Crippen LogP contribution in [0.4, 0.5) is 22.7 Å². The van der Waals surface area contributed by atoms with Gasteiger partial charge in [-0.15, -0.1) is 20.5 Å². The van der Waals surface area contributed by atoms with Crippen LogP contribution < -0.4 is 50.0 Å². The first kappa shape index (κ1) is 41.6. The molecule has 0 atom stereocenters. The fourth-order valence-corrected chi connectivity index (χ4v) is 4.67. The van der Waals surface area contributed by atoms with E-state index >= 15 is 0 Å². The van der Waals surface area contributed by atoms with Gasteiger partial charge in [-0.2, -0.15) is 10.2 Å². The Balaban J connectivity index is 0.000000270. The fourth-order valence-electron chi connectivity index (χ4n) is 4.42. The molecule has 0 unspecified atom stereocenters. The zero-order chi connectivity index (χ0) is 35.9. The summed E-state index contributed by atoms with van der Waals surface area (Å²) < 4.78 is 2.37. The van der Waals surface area contributed by atoms with E-state index in [1.54, 1.807) is 86.6 Å². The van der Waals surface area contributed by atoms with Crippen molar-refractivity contribution in [2.24, 2.45) is 20.5 Å². The number of benzene rings is 4. The third-order valence-electron chi connectivity index (χ3n) is 6.88. The van der Waals surface area contributed by atoms with Gasteiger partial charge in [-0.25, -0.2) is 9.36 Å². The molecular weight excluding hydrogens is 762 g/mol. The maximum Gasteiger partial charge on any atom is 3.00 e. The molecule has 18 heteroatoms. The van der Waals surface area contributed by atoms with Gasteiger partial charge in [-0.05, 0) is 74.5 Å². The van der Waals surface area contributed by atoms with Gasteiger partial charge >= 0.3 is 46.9 Å². The number of aromatic carboxylic acids is 2. The number of hydrogen-bond donors (Lipinski definition) is 0. The number of nitrogens with zero attached hydrogens (tertiary/aromatic N) is 8. The number of hydrogen-bond acceptors (Lipinski definition) is 12. The van der Waals surface area contributed by atoms with Crippen LogP contribution in [0.25, 0.3) is 11.4 Å². The minimum absolute atomic E-state index is 0. The molecule has 52 heavy (non-hydrogen) atoms. The van der Waals surface area contributed by atoms with E-state index in [1.165, 1.54) is 33.6 Å². The van der Waals surface area contributed by atoms with E-state index in [1.807, 2.05) is 0 Å². The summed E-state index contributed by atoms with van der Waals surface area (Å²) in [6.45, 7) is 3.24. The number of aryl methyl sites for hydroxylation is 2.